The predicted molar refractivity (Wildman–Crippen MR) is 100 cm³/mol. The standard InChI is InChI=1S/C20H23N3O4/c1-26-16-6-7-17(18(13-16)27-2)20(25)23-10-4-9-22(11-12-23)19(24)15-5-3-8-21-14-15/h3,5-8,13-14H,4,9-12H2,1-2H3. The molecule has 27 heavy (non-hydrogen) atoms. The molecule has 0 N–H and O–H groups in total. The number of amides is 2. The first-order valence-corrected chi connectivity index (χ1v) is 8.84. The van der Waals surface area contributed by atoms with Crippen molar-refractivity contribution in [3.8, 4) is 11.5 Å². The summed E-state index contributed by atoms with van der Waals surface area (Å²) in [6, 6.07) is 8.65. The van der Waals surface area contributed by atoms with E-state index < -0.39 is 0 Å². The Labute approximate surface area is 158 Å². The molecule has 7 heteroatoms. The van der Waals surface area contributed by atoms with E-state index in [9.17, 15) is 9.59 Å². The first-order valence-electron chi connectivity index (χ1n) is 8.84. The predicted octanol–water partition coefficient (Wildman–Crippen LogP) is 2.09. The van der Waals surface area contributed by atoms with Crippen LogP contribution in [0.1, 0.15) is 27.1 Å². The van der Waals surface area contributed by atoms with E-state index in [1.807, 2.05) is 0 Å². The Kier molecular flexibility index (Phi) is 5.90. The highest BCUT2D eigenvalue weighted by Gasteiger charge is 2.25. The Morgan fingerprint density at radius 3 is 2.33 bits per heavy atom. The molecule has 0 bridgehead atoms. The molecule has 7 nitrogen and oxygen atoms in total. The highest BCUT2D eigenvalue weighted by atomic mass is 16.5. The van der Waals surface area contributed by atoms with Crippen LogP contribution in [-0.2, 0) is 0 Å². The van der Waals surface area contributed by atoms with Crippen LogP contribution < -0.4 is 9.47 Å². The highest BCUT2D eigenvalue weighted by molar-refractivity contribution is 5.97. The topological polar surface area (TPSA) is 72.0 Å². The van der Waals surface area contributed by atoms with Gasteiger partial charge < -0.3 is 19.3 Å². The van der Waals surface area contributed by atoms with E-state index in [-0.39, 0.29) is 11.8 Å². The number of ether oxygens (including phenoxy) is 2. The summed E-state index contributed by atoms with van der Waals surface area (Å²) in [6.45, 7) is 2.15. The van der Waals surface area contributed by atoms with Crippen molar-refractivity contribution in [1.82, 2.24) is 14.8 Å². The summed E-state index contributed by atoms with van der Waals surface area (Å²) >= 11 is 0. The lowest BCUT2D eigenvalue weighted by atomic mass is 10.1. The van der Waals surface area contributed by atoms with Crippen LogP contribution in [0.3, 0.4) is 0 Å². The zero-order valence-corrected chi connectivity index (χ0v) is 15.6. The highest BCUT2D eigenvalue weighted by Crippen LogP contribution is 2.26. The molecule has 1 fully saturated rings. The van der Waals surface area contributed by atoms with Gasteiger partial charge in [-0.15, -0.1) is 0 Å². The van der Waals surface area contributed by atoms with Crippen LogP contribution in [0.5, 0.6) is 11.5 Å². The lowest BCUT2D eigenvalue weighted by Gasteiger charge is -2.23. The van der Waals surface area contributed by atoms with E-state index in [1.165, 1.54) is 7.11 Å². The maximum absolute atomic E-state index is 13.0. The lowest BCUT2D eigenvalue weighted by Crippen LogP contribution is -2.37. The number of hydrogen-bond acceptors (Lipinski definition) is 5. The maximum Gasteiger partial charge on any atom is 0.257 e. The Bertz CT molecular complexity index is 810. The summed E-state index contributed by atoms with van der Waals surface area (Å²) in [5, 5.41) is 0. The smallest absolute Gasteiger partial charge is 0.257 e. The van der Waals surface area contributed by atoms with Gasteiger partial charge in [0.1, 0.15) is 11.5 Å². The summed E-state index contributed by atoms with van der Waals surface area (Å²) < 4.78 is 10.5. The fourth-order valence-electron chi connectivity index (χ4n) is 3.14. The molecule has 0 aliphatic carbocycles. The first kappa shape index (κ1) is 18.7. The van der Waals surface area contributed by atoms with Crippen molar-refractivity contribution < 1.29 is 19.1 Å². The van der Waals surface area contributed by atoms with Crippen LogP contribution in [-0.4, -0.2) is 67.0 Å². The molecular formula is C20H23N3O4. The van der Waals surface area contributed by atoms with E-state index in [2.05, 4.69) is 4.98 Å². The van der Waals surface area contributed by atoms with Gasteiger partial charge in [-0.2, -0.15) is 0 Å². The molecule has 1 aromatic carbocycles. The molecule has 1 aliphatic rings. The zero-order chi connectivity index (χ0) is 19.2. The minimum absolute atomic E-state index is 0.0561. The fraction of sp³-hybridized carbons (Fsp3) is 0.350. The Morgan fingerprint density at radius 1 is 0.963 bits per heavy atom. The monoisotopic (exact) mass is 369 g/mol. The normalized spacial score (nSPS) is 14.4. The van der Waals surface area contributed by atoms with Gasteiger partial charge in [-0.25, -0.2) is 0 Å². The molecule has 0 atom stereocenters. The molecule has 2 heterocycles. The number of benzene rings is 1. The van der Waals surface area contributed by atoms with E-state index in [0.29, 0.717) is 48.8 Å². The number of rotatable bonds is 4. The van der Waals surface area contributed by atoms with Crippen molar-refractivity contribution in [3.63, 3.8) is 0 Å². The molecular weight excluding hydrogens is 346 g/mol. The number of nitrogens with zero attached hydrogens (tertiary/aromatic N) is 3. The van der Waals surface area contributed by atoms with Crippen molar-refractivity contribution in [3.05, 3.63) is 53.9 Å². The van der Waals surface area contributed by atoms with Gasteiger partial charge in [0.2, 0.25) is 0 Å². The number of carbonyl (C=O) groups is 2. The quantitative estimate of drug-likeness (QED) is 0.825. The molecule has 1 aliphatic heterocycles. The molecule has 2 amide bonds. The number of methoxy groups -OCH3 is 2. The molecule has 0 radical (unpaired) electrons. The SMILES string of the molecule is COc1ccc(C(=O)N2CCCN(C(=O)c3cccnc3)CC2)c(OC)c1. The average Bonchev–Trinajstić information content (AvgIpc) is 2.99. The summed E-state index contributed by atoms with van der Waals surface area (Å²) in [6.07, 6.45) is 3.93. The van der Waals surface area contributed by atoms with E-state index >= 15 is 0 Å². The van der Waals surface area contributed by atoms with E-state index in [0.717, 1.165) is 6.42 Å². The number of pyridine rings is 1. The van der Waals surface area contributed by atoms with E-state index in [4.69, 9.17) is 9.47 Å². The number of aromatic nitrogens is 1. The van der Waals surface area contributed by atoms with Crippen molar-refractivity contribution in [2.24, 2.45) is 0 Å². The van der Waals surface area contributed by atoms with Crippen LogP contribution in [0.2, 0.25) is 0 Å². The van der Waals surface area contributed by atoms with Gasteiger partial charge in [0.05, 0.1) is 25.3 Å². The largest absolute Gasteiger partial charge is 0.497 e. The number of carbonyl (C=O) groups excluding carboxylic acids is 2. The van der Waals surface area contributed by atoms with Gasteiger partial charge in [0, 0.05) is 44.6 Å². The van der Waals surface area contributed by atoms with Crippen molar-refractivity contribution in [1.29, 1.82) is 0 Å². The zero-order valence-electron chi connectivity index (χ0n) is 15.6. The average molecular weight is 369 g/mol. The van der Waals surface area contributed by atoms with Crippen LogP contribution >= 0.6 is 0 Å². The Balaban J connectivity index is 1.71. The van der Waals surface area contributed by atoms with Gasteiger partial charge in [-0.1, -0.05) is 0 Å². The number of hydrogen-bond donors (Lipinski definition) is 0. The Morgan fingerprint density at radius 2 is 1.70 bits per heavy atom. The van der Waals surface area contributed by atoms with Crippen LogP contribution in [0, 0.1) is 0 Å². The van der Waals surface area contributed by atoms with Gasteiger partial charge in [0.15, 0.2) is 0 Å². The van der Waals surface area contributed by atoms with Crippen LogP contribution in [0.25, 0.3) is 0 Å². The third-order valence-electron chi connectivity index (χ3n) is 4.62. The third kappa shape index (κ3) is 4.19. The molecule has 142 valence electrons. The Hall–Kier alpha value is -3.09. The summed E-state index contributed by atoms with van der Waals surface area (Å²) in [7, 11) is 3.10. The second kappa shape index (κ2) is 8.53. The fourth-order valence-corrected chi connectivity index (χ4v) is 3.14. The second-order valence-electron chi connectivity index (χ2n) is 6.25. The molecule has 3 rings (SSSR count). The van der Waals surface area contributed by atoms with Crippen molar-refractivity contribution >= 4 is 11.8 Å². The van der Waals surface area contributed by atoms with Gasteiger partial charge in [0.25, 0.3) is 11.8 Å². The molecule has 2 aromatic rings. The third-order valence-corrected chi connectivity index (χ3v) is 4.62. The molecule has 1 saturated heterocycles. The first-order chi connectivity index (χ1) is 13.1. The summed E-state index contributed by atoms with van der Waals surface area (Å²) in [5.74, 6) is 0.948. The minimum Gasteiger partial charge on any atom is -0.497 e. The van der Waals surface area contributed by atoms with Crippen LogP contribution in [0.15, 0.2) is 42.7 Å². The maximum atomic E-state index is 13.0. The molecule has 0 spiro atoms. The van der Waals surface area contributed by atoms with Crippen molar-refractivity contribution in [2.75, 3.05) is 40.4 Å². The second-order valence-corrected chi connectivity index (χ2v) is 6.25. The summed E-state index contributed by atoms with van der Waals surface area (Å²) in [5.41, 5.74) is 1.06. The summed E-state index contributed by atoms with van der Waals surface area (Å²) in [4.78, 5) is 33.1. The lowest BCUT2D eigenvalue weighted by molar-refractivity contribution is 0.0716. The van der Waals surface area contributed by atoms with Gasteiger partial charge >= 0.3 is 0 Å². The molecule has 0 saturated carbocycles. The molecule has 1 aromatic heterocycles. The van der Waals surface area contributed by atoms with Gasteiger partial charge in [-0.05, 0) is 30.7 Å². The van der Waals surface area contributed by atoms with Crippen molar-refractivity contribution in [2.45, 2.75) is 6.42 Å². The minimum atomic E-state index is -0.106. The van der Waals surface area contributed by atoms with Crippen LogP contribution in [0.4, 0.5) is 0 Å². The molecule has 0 unspecified atom stereocenters. The van der Waals surface area contributed by atoms with E-state index in [1.54, 1.807) is 59.6 Å². The van der Waals surface area contributed by atoms with Gasteiger partial charge in [-0.3, -0.25) is 14.6 Å².